The van der Waals surface area contributed by atoms with E-state index in [9.17, 15) is 4.79 Å². The molecule has 0 radical (unpaired) electrons. The maximum atomic E-state index is 13.1. The van der Waals surface area contributed by atoms with Gasteiger partial charge < -0.3 is 4.90 Å². The van der Waals surface area contributed by atoms with E-state index in [1.165, 1.54) is 4.90 Å². The Morgan fingerprint density at radius 2 is 1.76 bits per heavy atom. The summed E-state index contributed by atoms with van der Waals surface area (Å²) in [5, 5.41) is 1.03. The number of hydrogen-bond acceptors (Lipinski definition) is 5. The predicted molar refractivity (Wildman–Crippen MR) is 109 cm³/mol. The molecule has 3 nitrogen and oxygen atoms in total. The van der Waals surface area contributed by atoms with Gasteiger partial charge in [0.1, 0.15) is 5.03 Å². The summed E-state index contributed by atoms with van der Waals surface area (Å²) in [6, 6.07) is 18.4. The highest BCUT2D eigenvalue weighted by Crippen LogP contribution is 2.49. The largest absolute Gasteiger partial charge is 0.430 e. The van der Waals surface area contributed by atoms with E-state index in [1.807, 2.05) is 48.2 Å². The second kappa shape index (κ2) is 6.94. The number of rotatable bonds is 2. The van der Waals surface area contributed by atoms with Crippen LogP contribution >= 0.6 is 35.3 Å². The first-order valence-corrected chi connectivity index (χ1v) is 10.7. The zero-order chi connectivity index (χ0) is 17.4. The lowest BCUT2D eigenvalue weighted by Crippen LogP contribution is -2.21. The minimum Gasteiger partial charge on any atom is -0.337 e. The average Bonchev–Trinajstić information content (AvgIpc) is 3.14. The molecule has 1 amide bonds. The third-order valence-corrected chi connectivity index (χ3v) is 7.79. The molecule has 2 aliphatic heterocycles. The fourth-order valence-electron chi connectivity index (χ4n) is 2.88. The summed E-state index contributed by atoms with van der Waals surface area (Å²) in [7, 11) is 2.04. The first-order chi connectivity index (χ1) is 12.2. The summed E-state index contributed by atoms with van der Waals surface area (Å²) in [6.07, 6.45) is 2.03. The molecule has 2 heterocycles. The van der Waals surface area contributed by atoms with Crippen LogP contribution in [-0.2, 0) is 11.3 Å². The Bertz CT molecular complexity index is 906. The van der Waals surface area contributed by atoms with Gasteiger partial charge in [0.15, 0.2) is 11.4 Å². The van der Waals surface area contributed by atoms with Gasteiger partial charge in [-0.3, -0.25) is 0 Å². The van der Waals surface area contributed by atoms with E-state index in [0.29, 0.717) is 6.54 Å². The van der Waals surface area contributed by atoms with E-state index < -0.39 is 0 Å². The zero-order valence-corrected chi connectivity index (χ0v) is 16.4. The Kier molecular flexibility index (Phi) is 4.67. The molecule has 0 saturated carbocycles. The molecule has 0 fully saturated rings. The molecule has 2 aliphatic rings. The summed E-state index contributed by atoms with van der Waals surface area (Å²) in [5.41, 5.74) is 2.31. The highest BCUT2D eigenvalue weighted by molar-refractivity contribution is 8.40. The van der Waals surface area contributed by atoms with Crippen molar-refractivity contribution in [3.05, 3.63) is 70.1 Å². The van der Waals surface area contributed by atoms with Gasteiger partial charge in [-0.15, -0.1) is 4.58 Å². The number of amides is 1. The topological polar surface area (TPSA) is 23.3 Å². The SMILES string of the molecule is CSC1=[N+](Cc2ccccc2)C(=O)C(=C2Sc3ccccc3N2C)S1. The molecule has 0 N–H and O–H groups in total. The lowest BCUT2D eigenvalue weighted by atomic mass is 10.2. The number of benzene rings is 2. The molecular weight excluding hydrogens is 368 g/mol. The van der Waals surface area contributed by atoms with Crippen LogP contribution in [0.5, 0.6) is 0 Å². The minimum absolute atomic E-state index is 0.0976. The van der Waals surface area contributed by atoms with Gasteiger partial charge in [0, 0.05) is 29.3 Å². The summed E-state index contributed by atoms with van der Waals surface area (Å²) < 4.78 is 2.94. The molecule has 0 unspecified atom stereocenters. The summed E-state index contributed by atoms with van der Waals surface area (Å²) in [4.78, 5) is 17.3. The molecule has 6 heteroatoms. The van der Waals surface area contributed by atoms with E-state index in [2.05, 4.69) is 29.2 Å². The van der Waals surface area contributed by atoms with Crippen molar-refractivity contribution in [1.29, 1.82) is 0 Å². The number of anilines is 1. The van der Waals surface area contributed by atoms with Gasteiger partial charge in [0.2, 0.25) is 0 Å². The summed E-state index contributed by atoms with van der Waals surface area (Å²) >= 11 is 4.91. The van der Waals surface area contributed by atoms with Crippen molar-refractivity contribution >= 4 is 51.3 Å². The van der Waals surface area contributed by atoms with Crippen molar-refractivity contribution in [2.24, 2.45) is 0 Å². The Hall–Kier alpha value is -1.63. The molecule has 0 aliphatic carbocycles. The smallest absolute Gasteiger partial charge is 0.337 e. The van der Waals surface area contributed by atoms with Crippen LogP contribution < -0.4 is 4.90 Å². The number of carbonyl (C=O) groups excluding carboxylic acids is 1. The second-order valence-corrected chi connectivity index (χ2v) is 8.80. The third-order valence-electron chi connectivity index (χ3n) is 4.14. The van der Waals surface area contributed by atoms with Crippen molar-refractivity contribution in [2.45, 2.75) is 11.4 Å². The highest BCUT2D eigenvalue weighted by Gasteiger charge is 2.42. The first kappa shape index (κ1) is 16.8. The average molecular weight is 386 g/mol. The highest BCUT2D eigenvalue weighted by atomic mass is 32.2. The number of thioether (sulfide) groups is 3. The third kappa shape index (κ3) is 3.03. The minimum atomic E-state index is 0.0976. The van der Waals surface area contributed by atoms with Crippen LogP contribution in [0.1, 0.15) is 5.56 Å². The lowest BCUT2D eigenvalue weighted by molar-refractivity contribution is -0.453. The standard InChI is InChI=1S/C19H17N2OS3/c1-20-14-10-6-7-11-15(14)24-18(20)16-17(22)21(19(23-2)25-16)12-13-8-4-3-5-9-13/h3-11H,12H2,1-2H3/q+1. The molecule has 0 aromatic heterocycles. The van der Waals surface area contributed by atoms with Crippen LogP contribution in [0.25, 0.3) is 0 Å². The number of fused-ring (bicyclic) bond motifs is 1. The van der Waals surface area contributed by atoms with Gasteiger partial charge in [0.25, 0.3) is 4.38 Å². The van der Waals surface area contributed by atoms with Crippen molar-refractivity contribution in [3.8, 4) is 0 Å². The van der Waals surface area contributed by atoms with Gasteiger partial charge >= 0.3 is 5.91 Å². The van der Waals surface area contributed by atoms with E-state index in [1.54, 1.807) is 35.3 Å². The van der Waals surface area contributed by atoms with Gasteiger partial charge in [0.05, 0.1) is 5.69 Å². The normalized spacial score (nSPS) is 19.8. The molecule has 0 atom stereocenters. The Morgan fingerprint density at radius 3 is 2.48 bits per heavy atom. The number of hydrogen-bond donors (Lipinski definition) is 0. The quantitative estimate of drug-likeness (QED) is 0.555. The van der Waals surface area contributed by atoms with Crippen molar-refractivity contribution in [2.75, 3.05) is 18.2 Å². The molecule has 126 valence electrons. The maximum absolute atomic E-state index is 13.1. The molecule has 2 aromatic rings. The van der Waals surface area contributed by atoms with Gasteiger partial charge in [-0.05, 0) is 18.4 Å². The molecule has 4 rings (SSSR count). The molecule has 0 spiro atoms. The van der Waals surface area contributed by atoms with Crippen LogP contribution in [0.15, 0.2) is 69.4 Å². The van der Waals surface area contributed by atoms with Crippen LogP contribution in [-0.4, -0.2) is 28.2 Å². The van der Waals surface area contributed by atoms with Crippen molar-refractivity contribution in [1.82, 2.24) is 0 Å². The molecule has 0 bridgehead atoms. The van der Waals surface area contributed by atoms with Crippen LogP contribution in [0, 0.1) is 0 Å². The Morgan fingerprint density at radius 1 is 1.04 bits per heavy atom. The van der Waals surface area contributed by atoms with E-state index in [0.717, 1.165) is 25.6 Å². The lowest BCUT2D eigenvalue weighted by Gasteiger charge is -2.13. The van der Waals surface area contributed by atoms with Crippen LogP contribution in [0.3, 0.4) is 0 Å². The van der Waals surface area contributed by atoms with Crippen molar-refractivity contribution < 1.29 is 9.37 Å². The number of carbonyl (C=O) groups is 1. The van der Waals surface area contributed by atoms with Gasteiger partial charge in [-0.2, -0.15) is 0 Å². The van der Waals surface area contributed by atoms with Crippen LogP contribution in [0.2, 0.25) is 0 Å². The molecule has 0 saturated heterocycles. The first-order valence-electron chi connectivity index (χ1n) is 7.88. The monoisotopic (exact) mass is 385 g/mol. The molecule has 2 aromatic carbocycles. The maximum Gasteiger partial charge on any atom is 0.430 e. The molecule has 25 heavy (non-hydrogen) atoms. The fraction of sp³-hybridized carbons (Fsp3) is 0.158. The van der Waals surface area contributed by atoms with Crippen molar-refractivity contribution in [3.63, 3.8) is 0 Å². The van der Waals surface area contributed by atoms with Crippen LogP contribution in [0.4, 0.5) is 5.69 Å². The predicted octanol–water partition coefficient (Wildman–Crippen LogP) is 4.60. The fourth-order valence-corrected chi connectivity index (χ4v) is 6.02. The van der Waals surface area contributed by atoms with Gasteiger partial charge in [-0.1, -0.05) is 66.0 Å². The van der Waals surface area contributed by atoms with E-state index >= 15 is 0 Å². The van der Waals surface area contributed by atoms with Gasteiger partial charge in [-0.25, -0.2) is 4.79 Å². The van der Waals surface area contributed by atoms with E-state index in [-0.39, 0.29) is 5.91 Å². The summed E-state index contributed by atoms with van der Waals surface area (Å²) in [6.45, 7) is 0.612. The Balaban J connectivity index is 1.68. The number of nitrogens with zero attached hydrogens (tertiary/aromatic N) is 2. The van der Waals surface area contributed by atoms with E-state index in [4.69, 9.17) is 0 Å². The summed E-state index contributed by atoms with van der Waals surface area (Å²) in [5.74, 6) is 0.0976. The molecular formula is C19H17N2OS3+. The second-order valence-electron chi connectivity index (χ2n) is 5.71. The zero-order valence-electron chi connectivity index (χ0n) is 13.9. The number of para-hydroxylation sites is 1. The Labute approximate surface area is 160 Å².